The van der Waals surface area contributed by atoms with Crippen LogP contribution in [0.4, 0.5) is 0 Å². The van der Waals surface area contributed by atoms with Gasteiger partial charge < -0.3 is 0 Å². The van der Waals surface area contributed by atoms with E-state index in [1.54, 1.807) is 0 Å². The molecule has 0 radical (unpaired) electrons. The van der Waals surface area contributed by atoms with Crippen molar-refractivity contribution in [1.82, 2.24) is 0 Å². The maximum atomic E-state index is 12.4. The number of Topliss-reactive ketones (excluding diaryl/α,β-unsaturated/α-hetero) is 1. The maximum Gasteiger partial charge on any atom is 0.176 e. The van der Waals surface area contributed by atoms with Crippen LogP contribution in [0.15, 0.2) is 18.2 Å². The first kappa shape index (κ1) is 11.7. The molecule has 1 unspecified atom stereocenters. The summed E-state index contributed by atoms with van der Waals surface area (Å²) in [5.41, 5.74) is 3.30. The minimum absolute atomic E-state index is 0.203. The lowest BCUT2D eigenvalue weighted by atomic mass is 9.97. The van der Waals surface area contributed by atoms with Crippen LogP contribution in [-0.2, 0) is 0 Å². The predicted octanol–water partition coefficient (Wildman–Crippen LogP) is 3.77. The first-order chi connectivity index (χ1) is 7.70. The van der Waals surface area contributed by atoms with Gasteiger partial charge in [-0.1, -0.05) is 24.6 Å². The second-order valence-corrected chi connectivity index (χ2v) is 5.78. The number of carbonyl (C=O) groups excluding carboxylic acids is 1. The zero-order valence-corrected chi connectivity index (χ0v) is 10.8. The first-order valence-electron chi connectivity index (χ1n) is 5.92. The van der Waals surface area contributed by atoms with Gasteiger partial charge in [0, 0.05) is 5.56 Å². The van der Waals surface area contributed by atoms with Crippen molar-refractivity contribution in [2.75, 3.05) is 5.75 Å². The zero-order chi connectivity index (χ0) is 11.5. The molecule has 1 fully saturated rings. The number of carbonyl (C=O) groups is 1. The normalized spacial score (nSPS) is 20.8. The van der Waals surface area contributed by atoms with Crippen molar-refractivity contribution in [1.29, 1.82) is 0 Å². The van der Waals surface area contributed by atoms with E-state index >= 15 is 0 Å². The Morgan fingerprint density at radius 3 is 2.81 bits per heavy atom. The molecule has 0 aliphatic carbocycles. The molecule has 0 saturated carbocycles. The van der Waals surface area contributed by atoms with E-state index in [0.29, 0.717) is 5.78 Å². The summed E-state index contributed by atoms with van der Waals surface area (Å²) in [5, 5.41) is 0.203. The summed E-state index contributed by atoms with van der Waals surface area (Å²) in [4.78, 5) is 12.4. The van der Waals surface area contributed by atoms with Crippen LogP contribution >= 0.6 is 11.8 Å². The molecule has 0 N–H and O–H groups in total. The summed E-state index contributed by atoms with van der Waals surface area (Å²) in [6.07, 6.45) is 3.52. The van der Waals surface area contributed by atoms with Gasteiger partial charge in [-0.15, -0.1) is 0 Å². The molecule has 2 heteroatoms. The third-order valence-corrected chi connectivity index (χ3v) is 4.72. The van der Waals surface area contributed by atoms with Gasteiger partial charge in [-0.3, -0.25) is 4.79 Å². The highest BCUT2D eigenvalue weighted by atomic mass is 32.2. The third kappa shape index (κ3) is 2.32. The minimum atomic E-state index is 0.203. The molecule has 0 aromatic heterocycles. The van der Waals surface area contributed by atoms with Gasteiger partial charge in [0.2, 0.25) is 0 Å². The lowest BCUT2D eigenvalue weighted by Gasteiger charge is -2.21. The van der Waals surface area contributed by atoms with Gasteiger partial charge in [-0.2, -0.15) is 11.8 Å². The highest BCUT2D eigenvalue weighted by Crippen LogP contribution is 2.29. The van der Waals surface area contributed by atoms with Gasteiger partial charge in [0.25, 0.3) is 0 Å². The smallest absolute Gasteiger partial charge is 0.176 e. The van der Waals surface area contributed by atoms with E-state index in [4.69, 9.17) is 0 Å². The lowest BCUT2D eigenvalue weighted by molar-refractivity contribution is 0.0984. The molecule has 0 amide bonds. The summed E-state index contributed by atoms with van der Waals surface area (Å²) < 4.78 is 0. The summed E-state index contributed by atoms with van der Waals surface area (Å²) >= 11 is 1.83. The molecular formula is C14H18OS. The van der Waals surface area contributed by atoms with Crippen molar-refractivity contribution < 1.29 is 4.79 Å². The van der Waals surface area contributed by atoms with Crippen LogP contribution in [-0.4, -0.2) is 16.8 Å². The van der Waals surface area contributed by atoms with Crippen molar-refractivity contribution >= 4 is 17.5 Å². The molecule has 86 valence electrons. The highest BCUT2D eigenvalue weighted by molar-refractivity contribution is 8.00. The van der Waals surface area contributed by atoms with Crippen LogP contribution in [0.1, 0.15) is 40.7 Å². The third-order valence-electron chi connectivity index (χ3n) is 3.34. The molecule has 1 aromatic carbocycles. The molecule has 16 heavy (non-hydrogen) atoms. The quantitative estimate of drug-likeness (QED) is 0.725. The van der Waals surface area contributed by atoms with Crippen LogP contribution in [0.25, 0.3) is 0 Å². The van der Waals surface area contributed by atoms with Gasteiger partial charge in [0.1, 0.15) is 0 Å². The number of hydrogen-bond donors (Lipinski definition) is 0. The SMILES string of the molecule is Cc1cccc(C(=O)C2CCCCS2)c1C. The molecule has 1 saturated heterocycles. The van der Waals surface area contributed by atoms with Gasteiger partial charge in [-0.25, -0.2) is 0 Å². The number of thioether (sulfide) groups is 1. The Labute approximate surface area is 102 Å². The van der Waals surface area contributed by atoms with E-state index in [1.807, 2.05) is 23.9 Å². The molecule has 1 heterocycles. The summed E-state index contributed by atoms with van der Waals surface area (Å²) in [6, 6.07) is 6.03. The fraction of sp³-hybridized carbons (Fsp3) is 0.500. The molecule has 1 aliphatic heterocycles. The second-order valence-electron chi connectivity index (χ2n) is 4.47. The Balaban J connectivity index is 2.22. The molecule has 0 bridgehead atoms. The largest absolute Gasteiger partial charge is 0.293 e. The van der Waals surface area contributed by atoms with Crippen molar-refractivity contribution in [3.8, 4) is 0 Å². The first-order valence-corrected chi connectivity index (χ1v) is 6.97. The summed E-state index contributed by atoms with van der Waals surface area (Å²) in [5.74, 6) is 1.48. The van der Waals surface area contributed by atoms with Crippen LogP contribution in [0.5, 0.6) is 0 Å². The van der Waals surface area contributed by atoms with Crippen molar-refractivity contribution in [3.63, 3.8) is 0 Å². The standard InChI is InChI=1S/C14H18OS/c1-10-6-5-7-12(11(10)2)14(15)13-8-3-4-9-16-13/h5-7,13H,3-4,8-9H2,1-2H3. The van der Waals surface area contributed by atoms with E-state index in [2.05, 4.69) is 19.9 Å². The molecule has 2 rings (SSSR count). The lowest BCUT2D eigenvalue weighted by Crippen LogP contribution is -2.22. The van der Waals surface area contributed by atoms with Gasteiger partial charge in [-0.05, 0) is 43.6 Å². The zero-order valence-electron chi connectivity index (χ0n) is 9.95. The van der Waals surface area contributed by atoms with Gasteiger partial charge in [0.15, 0.2) is 5.78 Å². The number of rotatable bonds is 2. The second kappa shape index (κ2) is 5.05. The van der Waals surface area contributed by atoms with E-state index in [1.165, 1.54) is 18.4 Å². The number of aryl methyl sites for hydroxylation is 1. The number of ketones is 1. The summed E-state index contributed by atoms with van der Waals surface area (Å²) in [6.45, 7) is 4.12. The predicted molar refractivity (Wildman–Crippen MR) is 70.3 cm³/mol. The van der Waals surface area contributed by atoms with Crippen LogP contribution in [0, 0.1) is 13.8 Å². The van der Waals surface area contributed by atoms with Gasteiger partial charge >= 0.3 is 0 Å². The van der Waals surface area contributed by atoms with Crippen molar-refractivity contribution in [3.05, 3.63) is 34.9 Å². The van der Waals surface area contributed by atoms with Crippen LogP contribution in [0.2, 0.25) is 0 Å². The van der Waals surface area contributed by atoms with Crippen molar-refractivity contribution in [2.45, 2.75) is 38.4 Å². The molecule has 1 aliphatic rings. The average Bonchev–Trinajstić information content (AvgIpc) is 2.33. The maximum absolute atomic E-state index is 12.4. The summed E-state index contributed by atoms with van der Waals surface area (Å²) in [7, 11) is 0. The van der Waals surface area contributed by atoms with Crippen LogP contribution in [0.3, 0.4) is 0 Å². The average molecular weight is 234 g/mol. The molecule has 1 aromatic rings. The Kier molecular flexibility index (Phi) is 3.70. The van der Waals surface area contributed by atoms with E-state index in [-0.39, 0.29) is 5.25 Å². The Morgan fingerprint density at radius 2 is 2.12 bits per heavy atom. The molecule has 1 atom stereocenters. The van der Waals surface area contributed by atoms with Crippen LogP contribution < -0.4 is 0 Å². The Hall–Kier alpha value is -0.760. The molecule has 1 nitrogen and oxygen atoms in total. The van der Waals surface area contributed by atoms with E-state index < -0.39 is 0 Å². The van der Waals surface area contributed by atoms with E-state index in [0.717, 1.165) is 23.3 Å². The molecular weight excluding hydrogens is 216 g/mol. The van der Waals surface area contributed by atoms with Gasteiger partial charge in [0.05, 0.1) is 5.25 Å². The Bertz CT molecular complexity index is 392. The fourth-order valence-electron chi connectivity index (χ4n) is 2.14. The monoisotopic (exact) mass is 234 g/mol. The topological polar surface area (TPSA) is 17.1 Å². The highest BCUT2D eigenvalue weighted by Gasteiger charge is 2.24. The number of hydrogen-bond acceptors (Lipinski definition) is 2. The fourth-order valence-corrected chi connectivity index (χ4v) is 3.41. The van der Waals surface area contributed by atoms with Crippen molar-refractivity contribution in [2.24, 2.45) is 0 Å². The number of benzene rings is 1. The molecule has 0 spiro atoms. The Morgan fingerprint density at radius 1 is 1.31 bits per heavy atom. The minimum Gasteiger partial charge on any atom is -0.293 e. The van der Waals surface area contributed by atoms with E-state index in [9.17, 15) is 4.79 Å².